The molecule has 0 rings (SSSR count). The van der Waals surface area contributed by atoms with E-state index in [1.165, 1.54) is 353 Å². The van der Waals surface area contributed by atoms with Gasteiger partial charge in [-0.05, 0) is 19.3 Å². The maximum Gasteiger partial charge on any atom is 0.306 e. The van der Waals surface area contributed by atoms with Crippen molar-refractivity contribution in [1.29, 1.82) is 0 Å². The number of carbonyl (C=O) groups excluding carboxylic acids is 3. The fourth-order valence-electron chi connectivity index (χ4n) is 12.2. The summed E-state index contributed by atoms with van der Waals surface area (Å²) < 4.78 is 17.0. The smallest absolute Gasteiger partial charge is 0.306 e. The quantitative estimate of drug-likeness (QED) is 0.0343. The van der Waals surface area contributed by atoms with Crippen LogP contribution in [0.2, 0.25) is 0 Å². The van der Waals surface area contributed by atoms with Gasteiger partial charge in [-0.15, -0.1) is 0 Å². The second kappa shape index (κ2) is 71.9. The van der Waals surface area contributed by atoms with Gasteiger partial charge < -0.3 is 14.2 Å². The Hall–Kier alpha value is -1.59. The van der Waals surface area contributed by atoms with E-state index >= 15 is 0 Å². The van der Waals surface area contributed by atoms with Crippen LogP contribution in [0.5, 0.6) is 0 Å². The van der Waals surface area contributed by atoms with Gasteiger partial charge in [-0.3, -0.25) is 14.4 Å². The Kier molecular flexibility index (Phi) is 70.5. The number of ether oxygens (including phenoxy) is 3. The van der Waals surface area contributed by atoms with Crippen molar-refractivity contribution in [3.63, 3.8) is 0 Å². The highest BCUT2D eigenvalue weighted by Gasteiger charge is 2.20. The summed E-state index contributed by atoms with van der Waals surface area (Å²) in [5.41, 5.74) is 0. The Morgan fingerprint density at radius 3 is 0.488 bits per heavy atom. The molecule has 488 valence electrons. The van der Waals surface area contributed by atoms with E-state index in [2.05, 4.69) is 20.8 Å². The normalized spacial score (nSPS) is 11.9. The van der Waals surface area contributed by atoms with E-state index < -0.39 is 6.10 Å². The maximum atomic E-state index is 12.9. The summed E-state index contributed by atoms with van der Waals surface area (Å²) in [7, 11) is 0. The molecule has 0 aliphatic carbocycles. The summed E-state index contributed by atoms with van der Waals surface area (Å²) in [4.78, 5) is 38.4. The topological polar surface area (TPSA) is 78.9 Å². The third kappa shape index (κ3) is 69.2. The van der Waals surface area contributed by atoms with Crippen molar-refractivity contribution in [1.82, 2.24) is 0 Å². The van der Waals surface area contributed by atoms with Gasteiger partial charge in [-0.1, -0.05) is 412 Å². The molecule has 0 spiro atoms. The van der Waals surface area contributed by atoms with Crippen LogP contribution in [0.4, 0.5) is 0 Å². The standard InChI is InChI=1S/C76H148O6/c1-4-7-10-13-16-19-22-24-26-28-30-32-33-34-35-36-37-38-39-40-41-42-43-44-45-47-48-50-52-54-57-60-63-66-69-75(78)81-72-73(71-80-74(77)68-65-62-59-56-21-18-15-12-9-6-3)82-76(79)70-67-64-61-58-55-53-51-49-46-31-29-27-25-23-20-17-14-11-8-5-2/h73H,4-72H2,1-3H3. The van der Waals surface area contributed by atoms with Crippen LogP contribution >= 0.6 is 0 Å². The molecule has 0 aliphatic rings. The van der Waals surface area contributed by atoms with Crippen molar-refractivity contribution in [2.45, 2.75) is 457 Å². The minimum absolute atomic E-state index is 0.0605. The molecule has 0 aromatic heterocycles. The van der Waals surface area contributed by atoms with E-state index in [0.29, 0.717) is 19.3 Å². The van der Waals surface area contributed by atoms with Crippen LogP contribution in [0.15, 0.2) is 0 Å². The van der Waals surface area contributed by atoms with Crippen molar-refractivity contribution >= 4 is 17.9 Å². The lowest BCUT2D eigenvalue weighted by Gasteiger charge is -2.18. The molecule has 0 fully saturated rings. The zero-order valence-electron chi connectivity index (χ0n) is 56.3. The molecule has 0 saturated carbocycles. The maximum absolute atomic E-state index is 12.9. The van der Waals surface area contributed by atoms with Crippen LogP contribution < -0.4 is 0 Å². The zero-order chi connectivity index (χ0) is 59.2. The molecule has 0 N–H and O–H groups in total. The zero-order valence-corrected chi connectivity index (χ0v) is 56.3. The van der Waals surface area contributed by atoms with Gasteiger partial charge in [-0.2, -0.15) is 0 Å². The number of hydrogen-bond acceptors (Lipinski definition) is 6. The molecule has 0 amide bonds. The first-order valence-corrected chi connectivity index (χ1v) is 38.0. The van der Waals surface area contributed by atoms with E-state index in [4.69, 9.17) is 14.2 Å². The summed E-state index contributed by atoms with van der Waals surface area (Å²) >= 11 is 0. The summed E-state index contributed by atoms with van der Waals surface area (Å²) in [5, 5.41) is 0. The predicted molar refractivity (Wildman–Crippen MR) is 358 cm³/mol. The van der Waals surface area contributed by atoms with Crippen molar-refractivity contribution < 1.29 is 28.6 Å². The van der Waals surface area contributed by atoms with Crippen molar-refractivity contribution in [3.05, 3.63) is 0 Å². The van der Waals surface area contributed by atoms with E-state index in [9.17, 15) is 14.4 Å². The Morgan fingerprint density at radius 1 is 0.195 bits per heavy atom. The molecule has 0 aromatic rings. The monoisotopic (exact) mass is 1160 g/mol. The molecule has 0 radical (unpaired) electrons. The molecule has 0 aliphatic heterocycles. The van der Waals surface area contributed by atoms with Gasteiger partial charge in [0.1, 0.15) is 13.2 Å². The second-order valence-electron chi connectivity index (χ2n) is 26.3. The van der Waals surface area contributed by atoms with Crippen LogP contribution in [0.3, 0.4) is 0 Å². The molecular formula is C76H148O6. The fourth-order valence-corrected chi connectivity index (χ4v) is 12.2. The SMILES string of the molecule is CCCCCCCCCCCCCCCCCCCCCCCCCCCCCCCCCCCCC(=O)OCC(COC(=O)CCCCCCCCCCCC)OC(=O)CCCCCCCCCCCCCCCCCCCCCC. The molecule has 6 heteroatoms. The third-order valence-corrected chi connectivity index (χ3v) is 17.9. The van der Waals surface area contributed by atoms with E-state index in [-0.39, 0.29) is 31.1 Å². The van der Waals surface area contributed by atoms with Gasteiger partial charge in [-0.25, -0.2) is 0 Å². The van der Waals surface area contributed by atoms with Gasteiger partial charge in [0.15, 0.2) is 6.10 Å². The van der Waals surface area contributed by atoms with Crippen molar-refractivity contribution in [2.75, 3.05) is 13.2 Å². The van der Waals surface area contributed by atoms with Crippen LogP contribution in [0.25, 0.3) is 0 Å². The lowest BCUT2D eigenvalue weighted by atomic mass is 10.0. The molecule has 0 heterocycles. The minimum Gasteiger partial charge on any atom is -0.462 e. The fraction of sp³-hybridized carbons (Fsp3) is 0.961. The summed E-state index contributed by atoms with van der Waals surface area (Å²) in [6, 6.07) is 0. The molecule has 1 atom stereocenters. The van der Waals surface area contributed by atoms with Crippen molar-refractivity contribution in [3.8, 4) is 0 Å². The first-order valence-electron chi connectivity index (χ1n) is 38.0. The van der Waals surface area contributed by atoms with Gasteiger partial charge in [0.2, 0.25) is 0 Å². The first kappa shape index (κ1) is 80.4. The largest absolute Gasteiger partial charge is 0.462 e. The molecule has 0 aromatic carbocycles. The third-order valence-electron chi connectivity index (χ3n) is 17.9. The lowest BCUT2D eigenvalue weighted by molar-refractivity contribution is -0.167. The van der Waals surface area contributed by atoms with E-state index in [1.807, 2.05) is 0 Å². The van der Waals surface area contributed by atoms with Gasteiger partial charge in [0, 0.05) is 19.3 Å². The summed E-state index contributed by atoms with van der Waals surface area (Å²) in [6.45, 7) is 6.73. The Bertz CT molecular complexity index is 1240. The minimum atomic E-state index is -0.763. The Morgan fingerprint density at radius 2 is 0.329 bits per heavy atom. The highest BCUT2D eigenvalue weighted by molar-refractivity contribution is 5.71. The van der Waals surface area contributed by atoms with Gasteiger partial charge >= 0.3 is 17.9 Å². The lowest BCUT2D eigenvalue weighted by Crippen LogP contribution is -2.30. The average molecular weight is 1160 g/mol. The van der Waals surface area contributed by atoms with Crippen LogP contribution in [0.1, 0.15) is 451 Å². The first-order chi connectivity index (χ1) is 40.5. The number of rotatable bonds is 72. The molecule has 1 unspecified atom stereocenters. The van der Waals surface area contributed by atoms with E-state index in [0.717, 1.165) is 57.8 Å². The molecular weight excluding hydrogens is 1010 g/mol. The molecule has 6 nitrogen and oxygen atoms in total. The average Bonchev–Trinajstić information content (AvgIpc) is 3.47. The van der Waals surface area contributed by atoms with Crippen molar-refractivity contribution in [2.24, 2.45) is 0 Å². The number of unbranched alkanes of at least 4 members (excludes halogenated alkanes) is 61. The van der Waals surface area contributed by atoms with Gasteiger partial charge in [0.05, 0.1) is 0 Å². The van der Waals surface area contributed by atoms with E-state index in [1.54, 1.807) is 0 Å². The number of hydrogen-bond donors (Lipinski definition) is 0. The highest BCUT2D eigenvalue weighted by Crippen LogP contribution is 2.20. The number of esters is 3. The summed E-state index contributed by atoms with van der Waals surface area (Å²) in [5.74, 6) is -0.823. The highest BCUT2D eigenvalue weighted by atomic mass is 16.6. The predicted octanol–water partition coefficient (Wildman–Crippen LogP) is 26.2. The molecule has 0 bridgehead atoms. The Labute approximate surface area is 514 Å². The second-order valence-corrected chi connectivity index (χ2v) is 26.3. The molecule has 0 saturated heterocycles. The van der Waals surface area contributed by atoms with Crippen LogP contribution in [0, 0.1) is 0 Å². The van der Waals surface area contributed by atoms with Gasteiger partial charge in [0.25, 0.3) is 0 Å². The summed E-state index contributed by atoms with van der Waals surface area (Å²) in [6.07, 6.45) is 86.1. The van der Waals surface area contributed by atoms with Crippen LogP contribution in [-0.4, -0.2) is 37.2 Å². The van der Waals surface area contributed by atoms with Crippen LogP contribution in [-0.2, 0) is 28.6 Å². The Balaban J connectivity index is 3.99. The number of carbonyl (C=O) groups is 3. The molecule has 82 heavy (non-hydrogen) atoms.